The first-order valence-corrected chi connectivity index (χ1v) is 5.16. The lowest BCUT2D eigenvalue weighted by atomic mass is 10.1. The van der Waals surface area contributed by atoms with Crippen LogP contribution in [0.5, 0.6) is 11.5 Å². The van der Waals surface area contributed by atoms with Crippen LogP contribution in [0.15, 0.2) is 16.6 Å². The number of hydrogen-bond donors (Lipinski definition) is 1. The van der Waals surface area contributed by atoms with Gasteiger partial charge in [0.15, 0.2) is 0 Å². The van der Waals surface area contributed by atoms with Gasteiger partial charge in [-0.05, 0) is 33.6 Å². The molecule has 0 saturated heterocycles. The Morgan fingerprint density at radius 1 is 1.33 bits per heavy atom. The van der Waals surface area contributed by atoms with Crippen molar-refractivity contribution in [2.75, 3.05) is 20.9 Å². The second kappa shape index (κ2) is 5.32. The van der Waals surface area contributed by atoms with Crippen molar-refractivity contribution in [2.24, 2.45) is 5.73 Å². The number of alkyl halides is 1. The molecule has 0 spiro atoms. The van der Waals surface area contributed by atoms with Crippen molar-refractivity contribution in [1.82, 2.24) is 0 Å². The second-order valence-electron chi connectivity index (χ2n) is 3.00. The SMILES string of the molecule is COc1cc([C@@H](N)CF)cc(OC)c1Br. The molecule has 0 aromatic heterocycles. The Kier molecular flexibility index (Phi) is 4.35. The molecule has 0 bridgehead atoms. The first-order valence-electron chi connectivity index (χ1n) is 4.37. The summed E-state index contributed by atoms with van der Waals surface area (Å²) >= 11 is 3.32. The van der Waals surface area contributed by atoms with Crippen molar-refractivity contribution in [3.8, 4) is 11.5 Å². The number of hydrogen-bond acceptors (Lipinski definition) is 3. The highest BCUT2D eigenvalue weighted by Gasteiger charge is 2.13. The summed E-state index contributed by atoms with van der Waals surface area (Å²) < 4.78 is 23.4. The summed E-state index contributed by atoms with van der Waals surface area (Å²) in [7, 11) is 3.06. The Bertz CT molecular complexity index is 321. The van der Waals surface area contributed by atoms with Crippen LogP contribution in [-0.4, -0.2) is 20.9 Å². The van der Waals surface area contributed by atoms with Gasteiger partial charge in [-0.1, -0.05) is 0 Å². The fourth-order valence-electron chi connectivity index (χ4n) is 1.19. The van der Waals surface area contributed by atoms with Gasteiger partial charge in [-0.25, -0.2) is 4.39 Å². The second-order valence-corrected chi connectivity index (χ2v) is 3.79. The van der Waals surface area contributed by atoms with Crippen molar-refractivity contribution in [3.63, 3.8) is 0 Å². The molecule has 0 heterocycles. The van der Waals surface area contributed by atoms with Crippen LogP contribution in [0.3, 0.4) is 0 Å². The predicted octanol–water partition coefficient (Wildman–Crippen LogP) is 2.44. The number of halogens is 2. The minimum Gasteiger partial charge on any atom is -0.495 e. The summed E-state index contributed by atoms with van der Waals surface area (Å²) in [5, 5.41) is 0. The summed E-state index contributed by atoms with van der Waals surface area (Å²) in [5.74, 6) is 1.15. The van der Waals surface area contributed by atoms with E-state index in [0.29, 0.717) is 21.5 Å². The molecule has 0 unspecified atom stereocenters. The van der Waals surface area contributed by atoms with Gasteiger partial charge >= 0.3 is 0 Å². The fraction of sp³-hybridized carbons (Fsp3) is 0.400. The molecule has 0 fully saturated rings. The largest absolute Gasteiger partial charge is 0.495 e. The summed E-state index contributed by atoms with van der Waals surface area (Å²) in [6.45, 7) is -0.617. The summed E-state index contributed by atoms with van der Waals surface area (Å²) in [5.41, 5.74) is 6.24. The molecule has 1 aromatic carbocycles. The predicted molar refractivity (Wildman–Crippen MR) is 60.1 cm³/mol. The van der Waals surface area contributed by atoms with Crippen molar-refractivity contribution in [2.45, 2.75) is 6.04 Å². The van der Waals surface area contributed by atoms with E-state index in [0.717, 1.165) is 0 Å². The van der Waals surface area contributed by atoms with Crippen molar-refractivity contribution >= 4 is 15.9 Å². The minimum absolute atomic E-state index is 0.577. The lowest BCUT2D eigenvalue weighted by Gasteiger charge is -2.14. The van der Waals surface area contributed by atoms with Gasteiger partial charge in [0, 0.05) is 0 Å². The van der Waals surface area contributed by atoms with E-state index < -0.39 is 12.7 Å². The number of methoxy groups -OCH3 is 2. The van der Waals surface area contributed by atoms with E-state index in [1.165, 1.54) is 14.2 Å². The molecule has 2 N–H and O–H groups in total. The lowest BCUT2D eigenvalue weighted by molar-refractivity contribution is 0.385. The molecule has 1 atom stereocenters. The molecule has 84 valence electrons. The van der Waals surface area contributed by atoms with E-state index in [-0.39, 0.29) is 0 Å². The minimum atomic E-state index is -0.652. The van der Waals surface area contributed by atoms with Gasteiger partial charge in [0.25, 0.3) is 0 Å². The maximum atomic E-state index is 12.4. The molecule has 0 aliphatic rings. The molecular weight excluding hydrogens is 265 g/mol. The van der Waals surface area contributed by atoms with E-state index in [1.807, 2.05) is 0 Å². The van der Waals surface area contributed by atoms with Crippen molar-refractivity contribution < 1.29 is 13.9 Å². The third-order valence-corrected chi connectivity index (χ3v) is 2.84. The molecule has 0 amide bonds. The number of rotatable bonds is 4. The molecule has 0 aliphatic heterocycles. The van der Waals surface area contributed by atoms with Crippen LogP contribution in [0.2, 0.25) is 0 Å². The molecule has 15 heavy (non-hydrogen) atoms. The zero-order valence-electron chi connectivity index (χ0n) is 8.59. The molecule has 0 saturated carbocycles. The first-order chi connectivity index (χ1) is 7.13. The van der Waals surface area contributed by atoms with E-state index in [4.69, 9.17) is 15.2 Å². The third kappa shape index (κ3) is 2.60. The van der Waals surface area contributed by atoms with Crippen LogP contribution in [0, 0.1) is 0 Å². The summed E-state index contributed by atoms with van der Waals surface area (Å²) in [4.78, 5) is 0. The average Bonchev–Trinajstić information content (AvgIpc) is 2.28. The standard InChI is InChI=1S/C10H13BrFNO2/c1-14-8-3-6(7(13)5-12)4-9(15-2)10(8)11/h3-4,7H,5,13H2,1-2H3/t7-/m0/s1. The quantitative estimate of drug-likeness (QED) is 0.920. The smallest absolute Gasteiger partial charge is 0.137 e. The Labute approximate surface area is 96.5 Å². The zero-order chi connectivity index (χ0) is 11.4. The monoisotopic (exact) mass is 277 g/mol. The number of benzene rings is 1. The van der Waals surface area contributed by atoms with E-state index in [9.17, 15) is 4.39 Å². The number of nitrogens with two attached hydrogens (primary N) is 1. The van der Waals surface area contributed by atoms with Gasteiger partial charge in [0.1, 0.15) is 22.6 Å². The highest BCUT2D eigenvalue weighted by atomic mass is 79.9. The average molecular weight is 278 g/mol. The highest BCUT2D eigenvalue weighted by Crippen LogP contribution is 2.36. The number of ether oxygens (including phenoxy) is 2. The Morgan fingerprint density at radius 3 is 2.13 bits per heavy atom. The van der Waals surface area contributed by atoms with Gasteiger partial charge in [-0.15, -0.1) is 0 Å². The molecular formula is C10H13BrFNO2. The van der Waals surface area contributed by atoms with E-state index in [1.54, 1.807) is 12.1 Å². The molecule has 0 radical (unpaired) electrons. The lowest BCUT2D eigenvalue weighted by Crippen LogP contribution is -2.12. The molecule has 1 rings (SSSR count). The third-order valence-electron chi connectivity index (χ3n) is 2.06. The van der Waals surface area contributed by atoms with Gasteiger partial charge in [-0.3, -0.25) is 0 Å². The molecule has 0 aliphatic carbocycles. The van der Waals surface area contributed by atoms with Gasteiger partial charge in [0.05, 0.1) is 20.3 Å². The van der Waals surface area contributed by atoms with E-state index in [2.05, 4.69) is 15.9 Å². The topological polar surface area (TPSA) is 44.5 Å². The first kappa shape index (κ1) is 12.3. The molecule has 5 heteroatoms. The van der Waals surface area contributed by atoms with Crippen LogP contribution in [0.25, 0.3) is 0 Å². The van der Waals surface area contributed by atoms with Crippen molar-refractivity contribution in [1.29, 1.82) is 0 Å². The van der Waals surface area contributed by atoms with Gasteiger partial charge in [0.2, 0.25) is 0 Å². The van der Waals surface area contributed by atoms with Crippen LogP contribution >= 0.6 is 15.9 Å². The van der Waals surface area contributed by atoms with Crippen LogP contribution in [0.1, 0.15) is 11.6 Å². The van der Waals surface area contributed by atoms with E-state index >= 15 is 0 Å². The van der Waals surface area contributed by atoms with Crippen molar-refractivity contribution in [3.05, 3.63) is 22.2 Å². The highest BCUT2D eigenvalue weighted by molar-refractivity contribution is 9.10. The van der Waals surface area contributed by atoms with Crippen LogP contribution < -0.4 is 15.2 Å². The normalized spacial score (nSPS) is 12.3. The molecule has 3 nitrogen and oxygen atoms in total. The van der Waals surface area contributed by atoms with Gasteiger partial charge in [-0.2, -0.15) is 0 Å². The zero-order valence-corrected chi connectivity index (χ0v) is 10.2. The fourth-order valence-corrected chi connectivity index (χ4v) is 1.75. The summed E-state index contributed by atoms with van der Waals surface area (Å²) in [6, 6.07) is 2.73. The van der Waals surface area contributed by atoms with Gasteiger partial charge < -0.3 is 15.2 Å². The Morgan fingerprint density at radius 2 is 1.80 bits per heavy atom. The summed E-state index contributed by atoms with van der Waals surface area (Å²) in [6.07, 6.45) is 0. The Hall–Kier alpha value is -0.810. The van der Waals surface area contributed by atoms with Crippen LogP contribution in [-0.2, 0) is 0 Å². The molecule has 1 aromatic rings. The van der Waals surface area contributed by atoms with Crippen LogP contribution in [0.4, 0.5) is 4.39 Å². The Balaban J connectivity index is 3.20. The maximum absolute atomic E-state index is 12.4. The maximum Gasteiger partial charge on any atom is 0.137 e.